The Bertz CT molecular complexity index is 208. The van der Waals surface area contributed by atoms with Crippen molar-refractivity contribution in [2.24, 2.45) is 5.73 Å². The van der Waals surface area contributed by atoms with Crippen LogP contribution in [0.2, 0.25) is 0 Å². The van der Waals surface area contributed by atoms with Crippen molar-refractivity contribution in [3.63, 3.8) is 0 Å². The SMILES string of the molecule is CCC1(C)CC(CN)(NC(C)C)CCO1. The predicted molar refractivity (Wildman–Crippen MR) is 63.9 cm³/mol. The summed E-state index contributed by atoms with van der Waals surface area (Å²) >= 11 is 0. The first kappa shape index (κ1) is 12.9. The number of ether oxygens (including phenoxy) is 1. The van der Waals surface area contributed by atoms with Crippen LogP contribution in [0.4, 0.5) is 0 Å². The molecule has 3 nitrogen and oxygen atoms in total. The summed E-state index contributed by atoms with van der Waals surface area (Å²) in [5.74, 6) is 0. The molecule has 3 heteroatoms. The summed E-state index contributed by atoms with van der Waals surface area (Å²) < 4.78 is 5.86. The van der Waals surface area contributed by atoms with Crippen molar-refractivity contribution in [2.75, 3.05) is 13.2 Å². The average Bonchev–Trinajstić information content (AvgIpc) is 2.17. The Kier molecular flexibility index (Phi) is 4.15. The zero-order valence-electron chi connectivity index (χ0n) is 10.6. The minimum atomic E-state index is -0.000486. The first-order valence-electron chi connectivity index (χ1n) is 6.07. The summed E-state index contributed by atoms with van der Waals surface area (Å²) in [4.78, 5) is 0. The molecule has 90 valence electrons. The van der Waals surface area contributed by atoms with Crippen LogP contribution >= 0.6 is 0 Å². The molecule has 0 radical (unpaired) electrons. The summed E-state index contributed by atoms with van der Waals surface area (Å²) in [6, 6.07) is 0.479. The summed E-state index contributed by atoms with van der Waals surface area (Å²) in [5, 5.41) is 3.63. The van der Waals surface area contributed by atoms with Gasteiger partial charge in [-0.25, -0.2) is 0 Å². The van der Waals surface area contributed by atoms with Crippen molar-refractivity contribution < 1.29 is 4.74 Å². The van der Waals surface area contributed by atoms with Gasteiger partial charge in [-0.3, -0.25) is 0 Å². The fourth-order valence-electron chi connectivity index (χ4n) is 2.54. The zero-order valence-corrected chi connectivity index (χ0v) is 10.6. The molecule has 1 heterocycles. The van der Waals surface area contributed by atoms with Crippen LogP contribution in [0.5, 0.6) is 0 Å². The molecule has 0 aromatic rings. The lowest BCUT2D eigenvalue weighted by Gasteiger charge is -2.47. The highest BCUT2D eigenvalue weighted by molar-refractivity contribution is 4.99. The Labute approximate surface area is 93.8 Å². The van der Waals surface area contributed by atoms with Gasteiger partial charge in [-0.05, 0) is 26.2 Å². The van der Waals surface area contributed by atoms with Gasteiger partial charge < -0.3 is 15.8 Å². The highest BCUT2D eigenvalue weighted by Gasteiger charge is 2.41. The fraction of sp³-hybridized carbons (Fsp3) is 1.00. The smallest absolute Gasteiger partial charge is 0.0670 e. The van der Waals surface area contributed by atoms with Gasteiger partial charge in [-0.2, -0.15) is 0 Å². The maximum Gasteiger partial charge on any atom is 0.0670 e. The van der Waals surface area contributed by atoms with Crippen LogP contribution in [0.1, 0.15) is 47.0 Å². The van der Waals surface area contributed by atoms with Crippen LogP contribution in [0.3, 0.4) is 0 Å². The maximum absolute atomic E-state index is 5.94. The van der Waals surface area contributed by atoms with E-state index in [4.69, 9.17) is 10.5 Å². The topological polar surface area (TPSA) is 47.3 Å². The summed E-state index contributed by atoms with van der Waals surface area (Å²) in [7, 11) is 0. The second-order valence-electron chi connectivity index (χ2n) is 5.36. The van der Waals surface area contributed by atoms with E-state index in [0.717, 1.165) is 25.9 Å². The van der Waals surface area contributed by atoms with E-state index in [1.807, 2.05) is 0 Å². The van der Waals surface area contributed by atoms with Crippen LogP contribution in [0.25, 0.3) is 0 Å². The van der Waals surface area contributed by atoms with E-state index in [1.54, 1.807) is 0 Å². The van der Waals surface area contributed by atoms with E-state index in [0.29, 0.717) is 12.6 Å². The second kappa shape index (κ2) is 4.81. The normalized spacial score (nSPS) is 37.2. The van der Waals surface area contributed by atoms with E-state index in [-0.39, 0.29) is 11.1 Å². The largest absolute Gasteiger partial charge is 0.375 e. The molecule has 0 aromatic heterocycles. The fourth-order valence-corrected chi connectivity index (χ4v) is 2.54. The predicted octanol–water partition coefficient (Wildman–Crippen LogP) is 1.66. The highest BCUT2D eigenvalue weighted by atomic mass is 16.5. The maximum atomic E-state index is 5.94. The van der Waals surface area contributed by atoms with E-state index in [1.165, 1.54) is 0 Å². The lowest BCUT2D eigenvalue weighted by atomic mass is 9.79. The van der Waals surface area contributed by atoms with Crippen molar-refractivity contribution >= 4 is 0 Å². The summed E-state index contributed by atoms with van der Waals surface area (Å²) in [6.45, 7) is 10.2. The Morgan fingerprint density at radius 3 is 2.60 bits per heavy atom. The molecule has 2 atom stereocenters. The first-order valence-corrected chi connectivity index (χ1v) is 6.07. The van der Waals surface area contributed by atoms with E-state index in [9.17, 15) is 0 Å². The van der Waals surface area contributed by atoms with E-state index >= 15 is 0 Å². The Morgan fingerprint density at radius 2 is 2.13 bits per heavy atom. The summed E-state index contributed by atoms with van der Waals surface area (Å²) in [5.41, 5.74) is 6.02. The number of nitrogens with one attached hydrogen (secondary N) is 1. The molecule has 0 aliphatic carbocycles. The molecule has 3 N–H and O–H groups in total. The quantitative estimate of drug-likeness (QED) is 0.748. The Morgan fingerprint density at radius 1 is 1.47 bits per heavy atom. The molecule has 1 saturated heterocycles. The van der Waals surface area contributed by atoms with Crippen molar-refractivity contribution in [2.45, 2.75) is 64.1 Å². The molecule has 0 amide bonds. The third kappa shape index (κ3) is 3.16. The van der Waals surface area contributed by atoms with Crippen LogP contribution in [-0.2, 0) is 4.74 Å². The van der Waals surface area contributed by atoms with Gasteiger partial charge in [0, 0.05) is 24.7 Å². The van der Waals surface area contributed by atoms with Crippen LogP contribution in [-0.4, -0.2) is 30.3 Å². The first-order chi connectivity index (χ1) is 6.95. The summed E-state index contributed by atoms with van der Waals surface area (Å²) in [6.07, 6.45) is 3.09. The van der Waals surface area contributed by atoms with E-state index in [2.05, 4.69) is 33.0 Å². The van der Waals surface area contributed by atoms with E-state index < -0.39 is 0 Å². The zero-order chi connectivity index (χ0) is 11.5. The molecule has 0 saturated carbocycles. The molecule has 0 bridgehead atoms. The third-order valence-electron chi connectivity index (χ3n) is 3.48. The number of hydrogen-bond donors (Lipinski definition) is 2. The van der Waals surface area contributed by atoms with Crippen molar-refractivity contribution in [1.29, 1.82) is 0 Å². The third-order valence-corrected chi connectivity index (χ3v) is 3.48. The lowest BCUT2D eigenvalue weighted by molar-refractivity contribution is -0.101. The van der Waals surface area contributed by atoms with Gasteiger partial charge in [-0.1, -0.05) is 20.8 Å². The Hall–Kier alpha value is -0.120. The minimum absolute atomic E-state index is 0.000486. The van der Waals surface area contributed by atoms with Crippen LogP contribution in [0.15, 0.2) is 0 Å². The van der Waals surface area contributed by atoms with Crippen molar-refractivity contribution in [3.8, 4) is 0 Å². The molecule has 2 unspecified atom stereocenters. The molecular weight excluding hydrogens is 188 g/mol. The Balaban J connectivity index is 2.72. The molecule has 1 fully saturated rings. The van der Waals surface area contributed by atoms with Gasteiger partial charge in [-0.15, -0.1) is 0 Å². The highest BCUT2D eigenvalue weighted by Crippen LogP contribution is 2.34. The van der Waals surface area contributed by atoms with Gasteiger partial charge in [0.25, 0.3) is 0 Å². The van der Waals surface area contributed by atoms with Crippen LogP contribution in [0, 0.1) is 0 Å². The molecule has 1 aliphatic heterocycles. The van der Waals surface area contributed by atoms with Crippen LogP contribution < -0.4 is 11.1 Å². The van der Waals surface area contributed by atoms with Gasteiger partial charge in [0.1, 0.15) is 0 Å². The standard InChI is InChI=1S/C12H26N2O/c1-5-11(4)8-12(9-13,6-7-15-11)14-10(2)3/h10,14H,5-9,13H2,1-4H3. The van der Waals surface area contributed by atoms with Gasteiger partial charge in [0.05, 0.1) is 5.60 Å². The monoisotopic (exact) mass is 214 g/mol. The molecule has 0 aromatic carbocycles. The molecular formula is C12H26N2O. The van der Waals surface area contributed by atoms with Gasteiger partial charge >= 0.3 is 0 Å². The number of rotatable bonds is 4. The molecule has 1 rings (SSSR count). The molecule has 0 spiro atoms. The molecule has 1 aliphatic rings. The van der Waals surface area contributed by atoms with Crippen molar-refractivity contribution in [1.82, 2.24) is 5.32 Å². The number of hydrogen-bond acceptors (Lipinski definition) is 3. The van der Waals surface area contributed by atoms with Gasteiger partial charge in [0.2, 0.25) is 0 Å². The average molecular weight is 214 g/mol. The lowest BCUT2D eigenvalue weighted by Crippen LogP contribution is -2.61. The van der Waals surface area contributed by atoms with Crippen molar-refractivity contribution in [3.05, 3.63) is 0 Å². The second-order valence-corrected chi connectivity index (χ2v) is 5.36. The molecule has 15 heavy (non-hydrogen) atoms. The minimum Gasteiger partial charge on any atom is -0.375 e. The van der Waals surface area contributed by atoms with Gasteiger partial charge in [0.15, 0.2) is 0 Å². The number of nitrogens with two attached hydrogens (primary N) is 1.